The maximum absolute atomic E-state index is 12.2. The van der Waals surface area contributed by atoms with Crippen LogP contribution < -0.4 is 5.73 Å². The molecule has 7 heteroatoms. The smallest absolute Gasteiger partial charge is 0.242 e. The molecule has 2 heterocycles. The van der Waals surface area contributed by atoms with Crippen molar-refractivity contribution in [1.82, 2.24) is 9.88 Å². The molecule has 3 rings (SSSR count). The van der Waals surface area contributed by atoms with Gasteiger partial charge >= 0.3 is 0 Å². The van der Waals surface area contributed by atoms with Crippen molar-refractivity contribution in [3.63, 3.8) is 0 Å². The highest BCUT2D eigenvalue weighted by atomic mass is 35.5. The van der Waals surface area contributed by atoms with Crippen LogP contribution in [-0.2, 0) is 17.8 Å². The average molecular weight is 338 g/mol. The molecule has 0 saturated heterocycles. The second-order valence-corrected chi connectivity index (χ2v) is 5.53. The summed E-state index contributed by atoms with van der Waals surface area (Å²) in [5, 5.41) is 9.46. The molecule has 1 aliphatic heterocycles. The van der Waals surface area contributed by atoms with Gasteiger partial charge in [-0.15, -0.1) is 12.4 Å². The summed E-state index contributed by atoms with van der Waals surface area (Å²) < 4.78 is 5.80. The second kappa shape index (κ2) is 7.12. The van der Waals surface area contributed by atoms with Crippen LogP contribution in [0.25, 0.3) is 11.5 Å². The van der Waals surface area contributed by atoms with Gasteiger partial charge in [0, 0.05) is 18.5 Å². The number of fused-ring (bicyclic) bond motifs is 1. The van der Waals surface area contributed by atoms with E-state index in [1.165, 1.54) is 6.92 Å². The SMILES string of the molecule is C[C@@H](O)[C@H](N)C(=O)N1CCc2oc(-c3ccccc3)nc2C1.Cl. The van der Waals surface area contributed by atoms with Crippen LogP contribution in [-0.4, -0.2) is 39.6 Å². The second-order valence-electron chi connectivity index (χ2n) is 5.53. The summed E-state index contributed by atoms with van der Waals surface area (Å²) in [7, 11) is 0. The van der Waals surface area contributed by atoms with Gasteiger partial charge in [-0.3, -0.25) is 4.79 Å². The van der Waals surface area contributed by atoms with E-state index >= 15 is 0 Å². The minimum absolute atomic E-state index is 0. The molecule has 1 amide bonds. The first-order valence-electron chi connectivity index (χ1n) is 7.32. The van der Waals surface area contributed by atoms with Gasteiger partial charge in [-0.05, 0) is 19.1 Å². The van der Waals surface area contributed by atoms with Crippen molar-refractivity contribution in [2.45, 2.75) is 32.0 Å². The van der Waals surface area contributed by atoms with Crippen LogP contribution in [0.3, 0.4) is 0 Å². The zero-order valence-corrected chi connectivity index (χ0v) is 13.6. The van der Waals surface area contributed by atoms with Crippen LogP contribution in [0.4, 0.5) is 0 Å². The molecule has 0 spiro atoms. The van der Waals surface area contributed by atoms with E-state index in [1.807, 2.05) is 30.3 Å². The Balaban J connectivity index is 0.00000192. The molecule has 0 bridgehead atoms. The number of nitrogens with zero attached hydrogens (tertiary/aromatic N) is 2. The van der Waals surface area contributed by atoms with Crippen LogP contribution in [0.15, 0.2) is 34.7 Å². The number of benzene rings is 1. The number of rotatable bonds is 3. The van der Waals surface area contributed by atoms with E-state index in [0.29, 0.717) is 25.4 Å². The molecule has 0 saturated carbocycles. The number of oxazole rings is 1. The standard InChI is InChI=1S/C16H19N3O3.ClH/c1-10(20)14(17)16(21)19-8-7-13-12(9-19)18-15(22-13)11-5-3-2-4-6-11;/h2-6,10,14,20H,7-9,17H2,1H3;1H/t10-,14+;/m1./s1. The van der Waals surface area contributed by atoms with Crippen LogP contribution in [0.5, 0.6) is 0 Å². The van der Waals surface area contributed by atoms with Crippen molar-refractivity contribution in [2.75, 3.05) is 6.54 Å². The lowest BCUT2D eigenvalue weighted by molar-refractivity contribution is -0.135. The summed E-state index contributed by atoms with van der Waals surface area (Å²) in [6.07, 6.45) is -0.265. The average Bonchev–Trinajstić information content (AvgIpc) is 2.97. The Kier molecular flexibility index (Phi) is 5.41. The summed E-state index contributed by atoms with van der Waals surface area (Å²) in [6, 6.07) is 8.76. The number of aliphatic hydroxyl groups is 1. The number of amides is 1. The summed E-state index contributed by atoms with van der Waals surface area (Å²) in [6.45, 7) is 2.40. The largest absolute Gasteiger partial charge is 0.441 e. The van der Waals surface area contributed by atoms with Crippen LogP contribution in [0.2, 0.25) is 0 Å². The van der Waals surface area contributed by atoms with Crippen molar-refractivity contribution in [3.8, 4) is 11.5 Å². The topological polar surface area (TPSA) is 92.6 Å². The number of nitrogens with two attached hydrogens (primary N) is 1. The number of carbonyl (C=O) groups excluding carboxylic acids is 1. The molecule has 6 nitrogen and oxygen atoms in total. The van der Waals surface area contributed by atoms with E-state index in [9.17, 15) is 9.90 Å². The molecule has 0 radical (unpaired) electrons. The number of hydrogen-bond acceptors (Lipinski definition) is 5. The molecule has 2 aromatic rings. The molecule has 0 unspecified atom stereocenters. The third-order valence-electron chi connectivity index (χ3n) is 3.86. The Hall–Kier alpha value is -1.89. The first kappa shape index (κ1) is 17.5. The number of aromatic nitrogens is 1. The highest BCUT2D eigenvalue weighted by molar-refractivity contribution is 5.85. The van der Waals surface area contributed by atoms with E-state index in [-0.39, 0.29) is 18.3 Å². The van der Waals surface area contributed by atoms with Crippen LogP contribution >= 0.6 is 12.4 Å². The Bertz CT molecular complexity index is 672. The van der Waals surface area contributed by atoms with E-state index in [4.69, 9.17) is 10.2 Å². The first-order valence-corrected chi connectivity index (χ1v) is 7.32. The summed E-state index contributed by atoms with van der Waals surface area (Å²) in [4.78, 5) is 18.3. The van der Waals surface area contributed by atoms with Crippen LogP contribution in [0, 0.1) is 0 Å². The van der Waals surface area contributed by atoms with Crippen molar-refractivity contribution >= 4 is 18.3 Å². The Morgan fingerprint density at radius 3 is 2.74 bits per heavy atom. The molecule has 0 aliphatic carbocycles. The van der Waals surface area contributed by atoms with Crippen molar-refractivity contribution < 1.29 is 14.3 Å². The van der Waals surface area contributed by atoms with Gasteiger partial charge in [0.1, 0.15) is 17.5 Å². The van der Waals surface area contributed by atoms with Crippen LogP contribution in [0.1, 0.15) is 18.4 Å². The van der Waals surface area contributed by atoms with Crippen molar-refractivity contribution in [1.29, 1.82) is 0 Å². The third kappa shape index (κ3) is 3.55. The van der Waals surface area contributed by atoms with Gasteiger partial charge in [-0.25, -0.2) is 4.98 Å². The molecule has 1 aliphatic rings. The van der Waals surface area contributed by atoms with Gasteiger partial charge in [0.25, 0.3) is 0 Å². The van der Waals surface area contributed by atoms with E-state index in [1.54, 1.807) is 4.90 Å². The molecule has 1 aromatic heterocycles. The van der Waals surface area contributed by atoms with Gasteiger partial charge in [-0.2, -0.15) is 0 Å². The Morgan fingerprint density at radius 2 is 2.09 bits per heavy atom. The number of halogens is 1. The molecule has 3 N–H and O–H groups in total. The van der Waals surface area contributed by atoms with Gasteiger partial charge < -0.3 is 20.2 Å². The molecule has 1 aromatic carbocycles. The van der Waals surface area contributed by atoms with Gasteiger partial charge in [0.05, 0.1) is 12.6 Å². The quantitative estimate of drug-likeness (QED) is 0.882. The molecular weight excluding hydrogens is 318 g/mol. The number of carbonyl (C=O) groups is 1. The normalized spacial score (nSPS) is 16.2. The fraction of sp³-hybridized carbons (Fsp3) is 0.375. The predicted molar refractivity (Wildman–Crippen MR) is 88.0 cm³/mol. The summed E-state index contributed by atoms with van der Waals surface area (Å²) >= 11 is 0. The van der Waals surface area contributed by atoms with E-state index in [2.05, 4.69) is 4.98 Å². The van der Waals surface area contributed by atoms with E-state index < -0.39 is 12.1 Å². The zero-order valence-electron chi connectivity index (χ0n) is 12.8. The Labute approximate surface area is 140 Å². The lowest BCUT2D eigenvalue weighted by Gasteiger charge is -2.28. The minimum atomic E-state index is -0.901. The lowest BCUT2D eigenvalue weighted by atomic mass is 10.1. The summed E-state index contributed by atoms with van der Waals surface area (Å²) in [5.74, 6) is 1.12. The highest BCUT2D eigenvalue weighted by Crippen LogP contribution is 2.26. The van der Waals surface area contributed by atoms with Gasteiger partial charge in [-0.1, -0.05) is 18.2 Å². The maximum Gasteiger partial charge on any atom is 0.242 e. The predicted octanol–water partition coefficient (Wildman–Crippen LogP) is 1.36. The molecule has 0 fully saturated rings. The maximum atomic E-state index is 12.2. The van der Waals surface area contributed by atoms with Crippen molar-refractivity contribution in [3.05, 3.63) is 41.8 Å². The zero-order chi connectivity index (χ0) is 15.7. The molecular formula is C16H20ClN3O3. The first-order chi connectivity index (χ1) is 10.6. The van der Waals surface area contributed by atoms with Crippen molar-refractivity contribution in [2.24, 2.45) is 5.73 Å². The monoisotopic (exact) mass is 337 g/mol. The number of hydrogen-bond donors (Lipinski definition) is 2. The molecule has 23 heavy (non-hydrogen) atoms. The molecule has 124 valence electrons. The Morgan fingerprint density at radius 1 is 1.39 bits per heavy atom. The highest BCUT2D eigenvalue weighted by Gasteiger charge is 2.30. The third-order valence-corrected chi connectivity index (χ3v) is 3.86. The fourth-order valence-electron chi connectivity index (χ4n) is 2.51. The minimum Gasteiger partial charge on any atom is -0.441 e. The van der Waals surface area contributed by atoms with Gasteiger partial charge in [0.15, 0.2) is 0 Å². The fourth-order valence-corrected chi connectivity index (χ4v) is 2.51. The summed E-state index contributed by atoms with van der Waals surface area (Å²) in [5.41, 5.74) is 7.39. The number of aliphatic hydroxyl groups excluding tert-OH is 1. The molecule has 2 atom stereocenters. The van der Waals surface area contributed by atoms with E-state index in [0.717, 1.165) is 17.0 Å². The van der Waals surface area contributed by atoms with Gasteiger partial charge in [0.2, 0.25) is 11.8 Å². The lowest BCUT2D eigenvalue weighted by Crippen LogP contribution is -2.50.